The van der Waals surface area contributed by atoms with Gasteiger partial charge in [0.2, 0.25) is 5.88 Å². The standard InChI is InChI=1S/C12H11NO3S2/c14-10-7-18-12(17)13(10)6-5-8-1-3-9(4-2-8)11(15)16/h1-4,7,14H,5-6H2,(H,15,16). The van der Waals surface area contributed by atoms with Gasteiger partial charge in [0.1, 0.15) is 0 Å². The Morgan fingerprint density at radius 2 is 2.00 bits per heavy atom. The van der Waals surface area contributed by atoms with Crippen LogP contribution < -0.4 is 0 Å². The quantitative estimate of drug-likeness (QED) is 0.846. The maximum atomic E-state index is 10.7. The highest BCUT2D eigenvalue weighted by Crippen LogP contribution is 2.18. The Morgan fingerprint density at radius 3 is 2.50 bits per heavy atom. The Morgan fingerprint density at radius 1 is 1.33 bits per heavy atom. The zero-order valence-electron chi connectivity index (χ0n) is 9.37. The van der Waals surface area contributed by atoms with Gasteiger partial charge in [0.15, 0.2) is 3.95 Å². The van der Waals surface area contributed by atoms with Gasteiger partial charge < -0.3 is 10.2 Å². The molecule has 2 N–H and O–H groups in total. The fourth-order valence-electron chi connectivity index (χ4n) is 1.58. The average molecular weight is 281 g/mol. The molecule has 0 saturated carbocycles. The van der Waals surface area contributed by atoms with Gasteiger partial charge in [-0.2, -0.15) is 0 Å². The van der Waals surface area contributed by atoms with Crippen molar-refractivity contribution in [3.8, 4) is 5.88 Å². The average Bonchev–Trinajstić information content (AvgIpc) is 2.67. The van der Waals surface area contributed by atoms with Gasteiger partial charge in [-0.05, 0) is 36.3 Å². The fourth-order valence-corrected chi connectivity index (χ4v) is 2.56. The van der Waals surface area contributed by atoms with E-state index in [1.807, 2.05) is 0 Å². The largest absolute Gasteiger partial charge is 0.494 e. The van der Waals surface area contributed by atoms with Crippen LogP contribution in [0.1, 0.15) is 15.9 Å². The molecule has 18 heavy (non-hydrogen) atoms. The van der Waals surface area contributed by atoms with Crippen LogP contribution in [0.2, 0.25) is 0 Å². The molecule has 1 heterocycles. The molecule has 0 unspecified atom stereocenters. The molecule has 0 spiro atoms. The zero-order valence-corrected chi connectivity index (χ0v) is 11.0. The van der Waals surface area contributed by atoms with Crippen molar-refractivity contribution in [3.63, 3.8) is 0 Å². The molecule has 0 bridgehead atoms. The first-order valence-electron chi connectivity index (χ1n) is 5.27. The monoisotopic (exact) mass is 281 g/mol. The fraction of sp³-hybridized carbons (Fsp3) is 0.167. The van der Waals surface area contributed by atoms with Crippen molar-refractivity contribution in [1.82, 2.24) is 4.57 Å². The van der Waals surface area contributed by atoms with Gasteiger partial charge >= 0.3 is 5.97 Å². The molecule has 0 saturated heterocycles. The minimum atomic E-state index is -0.931. The van der Waals surface area contributed by atoms with Crippen LogP contribution in [0.5, 0.6) is 5.88 Å². The summed E-state index contributed by atoms with van der Waals surface area (Å²) in [4.78, 5) is 10.7. The highest BCUT2D eigenvalue weighted by molar-refractivity contribution is 7.73. The van der Waals surface area contributed by atoms with E-state index < -0.39 is 5.97 Å². The van der Waals surface area contributed by atoms with E-state index in [1.165, 1.54) is 11.3 Å². The van der Waals surface area contributed by atoms with E-state index >= 15 is 0 Å². The van der Waals surface area contributed by atoms with Crippen LogP contribution in [0.3, 0.4) is 0 Å². The number of rotatable bonds is 4. The lowest BCUT2D eigenvalue weighted by Crippen LogP contribution is -2.01. The summed E-state index contributed by atoms with van der Waals surface area (Å²) in [6.07, 6.45) is 0.693. The highest BCUT2D eigenvalue weighted by atomic mass is 32.1. The van der Waals surface area contributed by atoms with Crippen LogP contribution in [-0.2, 0) is 13.0 Å². The smallest absolute Gasteiger partial charge is 0.335 e. The zero-order chi connectivity index (χ0) is 13.1. The van der Waals surface area contributed by atoms with Gasteiger partial charge in [0.05, 0.1) is 10.9 Å². The number of carboxylic acids is 1. The lowest BCUT2D eigenvalue weighted by atomic mass is 10.1. The van der Waals surface area contributed by atoms with Crippen LogP contribution in [0, 0.1) is 3.95 Å². The Labute approximate surface area is 113 Å². The summed E-state index contributed by atoms with van der Waals surface area (Å²) in [5.41, 5.74) is 1.28. The van der Waals surface area contributed by atoms with Crippen molar-refractivity contribution in [2.45, 2.75) is 13.0 Å². The van der Waals surface area contributed by atoms with Crippen LogP contribution in [0.25, 0.3) is 0 Å². The number of hydrogen-bond donors (Lipinski definition) is 2. The molecule has 2 aromatic rings. The molecule has 0 atom stereocenters. The number of aromatic hydroxyl groups is 1. The minimum absolute atomic E-state index is 0.173. The summed E-state index contributed by atoms with van der Waals surface area (Å²) in [5, 5.41) is 19.9. The number of thiazole rings is 1. The van der Waals surface area contributed by atoms with Crippen LogP contribution in [0.4, 0.5) is 0 Å². The normalized spacial score (nSPS) is 10.4. The number of aromatic nitrogens is 1. The number of hydrogen-bond acceptors (Lipinski definition) is 4. The first kappa shape index (κ1) is 12.8. The van der Waals surface area contributed by atoms with E-state index in [2.05, 4.69) is 0 Å². The first-order valence-corrected chi connectivity index (χ1v) is 6.56. The number of aromatic carboxylic acids is 1. The summed E-state index contributed by atoms with van der Waals surface area (Å²) in [7, 11) is 0. The van der Waals surface area contributed by atoms with Crippen LogP contribution in [-0.4, -0.2) is 20.7 Å². The number of aryl methyl sites for hydroxylation is 1. The van der Waals surface area contributed by atoms with Crippen LogP contribution in [0.15, 0.2) is 29.6 Å². The lowest BCUT2D eigenvalue weighted by molar-refractivity contribution is 0.0697. The number of carbonyl (C=O) groups is 1. The molecule has 1 aromatic heterocycles. The van der Waals surface area contributed by atoms with E-state index in [4.69, 9.17) is 17.3 Å². The van der Waals surface area contributed by atoms with E-state index in [9.17, 15) is 9.90 Å². The molecule has 0 radical (unpaired) electrons. The Bertz CT molecular complexity index is 613. The van der Waals surface area contributed by atoms with Crippen molar-refractivity contribution in [1.29, 1.82) is 0 Å². The molecule has 2 rings (SSSR count). The molecule has 0 aliphatic rings. The molecule has 0 aliphatic heterocycles. The topological polar surface area (TPSA) is 62.5 Å². The Balaban J connectivity index is 2.07. The summed E-state index contributed by atoms with van der Waals surface area (Å²) in [5.74, 6) is -0.758. The number of carboxylic acid groups (broad SMARTS) is 1. The summed E-state index contributed by atoms with van der Waals surface area (Å²) in [6, 6.07) is 6.70. The first-order chi connectivity index (χ1) is 8.58. The van der Waals surface area contributed by atoms with Crippen molar-refractivity contribution in [3.05, 3.63) is 44.7 Å². The van der Waals surface area contributed by atoms with Crippen LogP contribution >= 0.6 is 23.6 Å². The van der Waals surface area contributed by atoms with Gasteiger partial charge in [-0.25, -0.2) is 4.79 Å². The number of benzene rings is 1. The Hall–Kier alpha value is -1.66. The van der Waals surface area contributed by atoms with E-state index in [0.717, 1.165) is 5.56 Å². The third-order valence-corrected chi connectivity index (χ3v) is 3.85. The van der Waals surface area contributed by atoms with Crippen molar-refractivity contribution in [2.75, 3.05) is 0 Å². The van der Waals surface area contributed by atoms with Gasteiger partial charge in [0, 0.05) is 6.54 Å². The summed E-state index contributed by atoms with van der Waals surface area (Å²) >= 11 is 6.41. The summed E-state index contributed by atoms with van der Waals surface area (Å²) < 4.78 is 2.29. The third kappa shape index (κ3) is 2.77. The predicted octanol–water partition coefficient (Wildman–Crippen LogP) is 2.93. The molecule has 0 amide bonds. The van der Waals surface area contributed by atoms with Crippen molar-refractivity contribution < 1.29 is 15.0 Å². The molecular weight excluding hydrogens is 270 g/mol. The minimum Gasteiger partial charge on any atom is -0.494 e. The molecule has 4 nitrogen and oxygen atoms in total. The number of nitrogens with zero attached hydrogens (tertiary/aromatic N) is 1. The van der Waals surface area contributed by atoms with Gasteiger partial charge in [-0.1, -0.05) is 12.1 Å². The maximum absolute atomic E-state index is 10.7. The van der Waals surface area contributed by atoms with Crippen molar-refractivity contribution in [2.24, 2.45) is 0 Å². The van der Waals surface area contributed by atoms with Gasteiger partial charge in [-0.15, -0.1) is 11.3 Å². The second-order valence-corrected chi connectivity index (χ2v) is 5.27. The molecule has 0 fully saturated rings. The van der Waals surface area contributed by atoms with Crippen molar-refractivity contribution >= 4 is 29.5 Å². The summed E-state index contributed by atoms with van der Waals surface area (Å²) in [6.45, 7) is 0.584. The molecular formula is C12H11NO3S2. The SMILES string of the molecule is O=C(O)c1ccc(CCn2c(O)csc2=S)cc1. The Kier molecular flexibility index (Phi) is 3.78. The van der Waals surface area contributed by atoms with Gasteiger partial charge in [0.25, 0.3) is 0 Å². The second-order valence-electron chi connectivity index (χ2n) is 3.76. The van der Waals surface area contributed by atoms with E-state index in [-0.39, 0.29) is 11.4 Å². The second kappa shape index (κ2) is 5.32. The molecule has 6 heteroatoms. The molecule has 0 aliphatic carbocycles. The molecule has 1 aromatic carbocycles. The maximum Gasteiger partial charge on any atom is 0.335 e. The third-order valence-electron chi connectivity index (χ3n) is 2.59. The predicted molar refractivity (Wildman–Crippen MR) is 71.9 cm³/mol. The lowest BCUT2D eigenvalue weighted by Gasteiger charge is -2.05. The van der Waals surface area contributed by atoms with E-state index in [0.29, 0.717) is 16.9 Å². The van der Waals surface area contributed by atoms with Gasteiger partial charge in [-0.3, -0.25) is 4.57 Å². The highest BCUT2D eigenvalue weighted by Gasteiger charge is 2.04. The van der Waals surface area contributed by atoms with E-state index in [1.54, 1.807) is 34.2 Å². The molecule has 94 valence electrons.